The van der Waals surface area contributed by atoms with E-state index >= 15 is 0 Å². The van der Waals surface area contributed by atoms with Crippen molar-refractivity contribution in [2.24, 2.45) is 0 Å². The van der Waals surface area contributed by atoms with Crippen molar-refractivity contribution in [3.63, 3.8) is 0 Å². The first kappa shape index (κ1) is 18.6. The van der Waals surface area contributed by atoms with Crippen LogP contribution in [0, 0.1) is 0 Å². The van der Waals surface area contributed by atoms with E-state index in [4.69, 9.17) is 5.10 Å². The zero-order valence-electron chi connectivity index (χ0n) is 16.2. The van der Waals surface area contributed by atoms with E-state index in [1.165, 1.54) is 5.56 Å². The number of likely N-dealkylation sites (N-methyl/N-ethyl adjacent to an activating group) is 1. The molecule has 3 rings (SSSR count). The lowest BCUT2D eigenvalue weighted by Crippen LogP contribution is -2.43. The first-order valence-corrected chi connectivity index (χ1v) is 9.18. The van der Waals surface area contributed by atoms with Crippen LogP contribution in [0.4, 0.5) is 5.82 Å². The SMILES string of the molecule is CN1CCN(Cc2ccc(-n3nc(C(C)(C)C)cc3NC=O)cc2)CC1. The molecule has 26 heavy (non-hydrogen) atoms. The van der Waals surface area contributed by atoms with E-state index in [1.54, 1.807) is 4.68 Å². The van der Waals surface area contributed by atoms with E-state index in [1.807, 2.05) is 6.07 Å². The Hall–Kier alpha value is -2.18. The Morgan fingerprint density at radius 1 is 1.12 bits per heavy atom. The zero-order valence-corrected chi connectivity index (χ0v) is 16.2. The fourth-order valence-corrected chi connectivity index (χ4v) is 3.11. The maximum absolute atomic E-state index is 11.0. The molecule has 1 N–H and O–H groups in total. The number of benzene rings is 1. The van der Waals surface area contributed by atoms with Crippen LogP contribution in [-0.2, 0) is 16.8 Å². The molecule has 1 aliphatic heterocycles. The monoisotopic (exact) mass is 355 g/mol. The lowest BCUT2D eigenvalue weighted by Gasteiger charge is -2.32. The molecule has 1 aliphatic rings. The van der Waals surface area contributed by atoms with Crippen LogP contribution in [0.2, 0.25) is 0 Å². The van der Waals surface area contributed by atoms with E-state index in [9.17, 15) is 4.79 Å². The molecule has 1 amide bonds. The van der Waals surface area contributed by atoms with Crippen LogP contribution >= 0.6 is 0 Å². The van der Waals surface area contributed by atoms with Crippen LogP contribution in [0.1, 0.15) is 32.0 Å². The van der Waals surface area contributed by atoms with Crippen molar-refractivity contribution in [1.82, 2.24) is 19.6 Å². The molecule has 0 spiro atoms. The highest BCUT2D eigenvalue weighted by atomic mass is 16.1. The molecule has 1 saturated heterocycles. The van der Waals surface area contributed by atoms with E-state index in [2.05, 4.69) is 67.2 Å². The van der Waals surface area contributed by atoms with Gasteiger partial charge in [-0.05, 0) is 24.7 Å². The van der Waals surface area contributed by atoms with Crippen LogP contribution in [0.3, 0.4) is 0 Å². The smallest absolute Gasteiger partial charge is 0.212 e. The van der Waals surface area contributed by atoms with Crippen LogP contribution in [0.15, 0.2) is 30.3 Å². The summed E-state index contributed by atoms with van der Waals surface area (Å²) >= 11 is 0. The molecule has 1 fully saturated rings. The summed E-state index contributed by atoms with van der Waals surface area (Å²) in [5, 5.41) is 7.46. The Bertz CT molecular complexity index is 737. The molecular formula is C20H29N5O. The number of aromatic nitrogens is 2. The highest BCUT2D eigenvalue weighted by molar-refractivity contribution is 5.70. The summed E-state index contributed by atoms with van der Waals surface area (Å²) in [7, 11) is 2.17. The van der Waals surface area contributed by atoms with Gasteiger partial charge in [-0.25, -0.2) is 4.68 Å². The lowest BCUT2D eigenvalue weighted by molar-refractivity contribution is -0.105. The van der Waals surface area contributed by atoms with Gasteiger partial charge in [0.25, 0.3) is 0 Å². The molecule has 0 unspecified atom stereocenters. The van der Waals surface area contributed by atoms with Gasteiger partial charge >= 0.3 is 0 Å². The maximum atomic E-state index is 11.0. The summed E-state index contributed by atoms with van der Waals surface area (Å²) in [5.74, 6) is 0.691. The van der Waals surface area contributed by atoms with Crippen LogP contribution in [-0.4, -0.2) is 59.2 Å². The van der Waals surface area contributed by atoms with Gasteiger partial charge in [-0.3, -0.25) is 9.69 Å². The van der Waals surface area contributed by atoms with E-state index < -0.39 is 0 Å². The Balaban J connectivity index is 1.77. The van der Waals surface area contributed by atoms with Crippen LogP contribution in [0.5, 0.6) is 0 Å². The molecule has 1 aromatic heterocycles. The Morgan fingerprint density at radius 2 is 1.77 bits per heavy atom. The second-order valence-electron chi connectivity index (χ2n) is 8.08. The number of anilines is 1. The Kier molecular flexibility index (Phi) is 5.44. The molecule has 0 bridgehead atoms. The van der Waals surface area contributed by atoms with Crippen molar-refractivity contribution in [3.8, 4) is 5.69 Å². The van der Waals surface area contributed by atoms with Crippen LogP contribution < -0.4 is 5.32 Å². The third-order valence-corrected chi connectivity index (χ3v) is 4.87. The first-order valence-electron chi connectivity index (χ1n) is 9.18. The molecule has 140 valence electrons. The summed E-state index contributed by atoms with van der Waals surface area (Å²) in [5.41, 5.74) is 3.12. The van der Waals surface area contributed by atoms with Gasteiger partial charge in [0, 0.05) is 44.2 Å². The number of rotatable bonds is 5. The second kappa shape index (κ2) is 7.60. The lowest BCUT2D eigenvalue weighted by atomic mass is 9.92. The number of nitrogens with zero attached hydrogens (tertiary/aromatic N) is 4. The average Bonchev–Trinajstić information content (AvgIpc) is 3.02. The number of carbonyl (C=O) groups excluding carboxylic acids is 1. The second-order valence-corrected chi connectivity index (χ2v) is 8.08. The molecule has 2 aromatic rings. The molecule has 0 saturated carbocycles. The van der Waals surface area contributed by atoms with Crippen molar-refractivity contribution in [2.75, 3.05) is 38.5 Å². The number of nitrogens with one attached hydrogen (secondary N) is 1. The van der Waals surface area contributed by atoms with Crippen molar-refractivity contribution < 1.29 is 4.79 Å². The van der Waals surface area contributed by atoms with E-state index in [0.717, 1.165) is 44.1 Å². The summed E-state index contributed by atoms with van der Waals surface area (Å²) in [6.07, 6.45) is 0.696. The number of piperazine rings is 1. The fraction of sp³-hybridized carbons (Fsp3) is 0.500. The minimum atomic E-state index is -0.0775. The average molecular weight is 355 g/mol. The van der Waals surface area contributed by atoms with Gasteiger partial charge in [0.05, 0.1) is 11.4 Å². The molecule has 0 aliphatic carbocycles. The van der Waals surface area contributed by atoms with Crippen molar-refractivity contribution >= 4 is 12.2 Å². The third-order valence-electron chi connectivity index (χ3n) is 4.87. The van der Waals surface area contributed by atoms with Gasteiger partial charge in [-0.1, -0.05) is 32.9 Å². The van der Waals surface area contributed by atoms with Gasteiger partial charge in [-0.2, -0.15) is 5.10 Å². The molecule has 0 atom stereocenters. The third kappa shape index (κ3) is 4.31. The predicted molar refractivity (Wildman–Crippen MR) is 105 cm³/mol. The molecule has 6 heteroatoms. The normalized spacial score (nSPS) is 16.6. The number of carbonyl (C=O) groups is 1. The number of hydrogen-bond donors (Lipinski definition) is 1. The van der Waals surface area contributed by atoms with Crippen LogP contribution in [0.25, 0.3) is 5.69 Å². The largest absolute Gasteiger partial charge is 0.313 e. The summed E-state index contributed by atoms with van der Waals surface area (Å²) in [6, 6.07) is 10.4. The number of hydrogen-bond acceptors (Lipinski definition) is 4. The highest BCUT2D eigenvalue weighted by Crippen LogP contribution is 2.26. The highest BCUT2D eigenvalue weighted by Gasteiger charge is 2.20. The molecule has 1 aromatic carbocycles. The van der Waals surface area contributed by atoms with Crippen molar-refractivity contribution in [3.05, 3.63) is 41.6 Å². The van der Waals surface area contributed by atoms with Gasteiger partial charge in [-0.15, -0.1) is 0 Å². The molecule has 6 nitrogen and oxygen atoms in total. The van der Waals surface area contributed by atoms with E-state index in [0.29, 0.717) is 12.2 Å². The molecule has 2 heterocycles. The topological polar surface area (TPSA) is 53.4 Å². The Morgan fingerprint density at radius 3 is 2.35 bits per heavy atom. The van der Waals surface area contributed by atoms with Gasteiger partial charge in [0.1, 0.15) is 5.82 Å². The van der Waals surface area contributed by atoms with E-state index in [-0.39, 0.29) is 5.41 Å². The quantitative estimate of drug-likeness (QED) is 0.837. The minimum absolute atomic E-state index is 0.0775. The molecule has 0 radical (unpaired) electrons. The summed E-state index contributed by atoms with van der Waals surface area (Å²) < 4.78 is 1.80. The summed E-state index contributed by atoms with van der Waals surface area (Å²) in [6.45, 7) is 11.8. The predicted octanol–water partition coefficient (Wildman–Crippen LogP) is 2.49. The van der Waals surface area contributed by atoms with Gasteiger partial charge < -0.3 is 10.2 Å². The minimum Gasteiger partial charge on any atom is -0.313 e. The fourth-order valence-electron chi connectivity index (χ4n) is 3.11. The first-order chi connectivity index (χ1) is 12.4. The standard InChI is InChI=1S/C20H29N5O/c1-20(2,3)18-13-19(21-15-26)25(22-18)17-7-5-16(6-8-17)14-24-11-9-23(4)10-12-24/h5-8,13,15H,9-12,14H2,1-4H3,(H,21,26). The number of amides is 1. The Labute approximate surface area is 155 Å². The van der Waals surface area contributed by atoms with Crippen molar-refractivity contribution in [2.45, 2.75) is 32.7 Å². The van der Waals surface area contributed by atoms with Gasteiger partial charge in [0.15, 0.2) is 0 Å². The van der Waals surface area contributed by atoms with Crippen molar-refractivity contribution in [1.29, 1.82) is 0 Å². The maximum Gasteiger partial charge on any atom is 0.212 e. The summed E-state index contributed by atoms with van der Waals surface area (Å²) in [4.78, 5) is 15.8. The molecular weight excluding hydrogens is 326 g/mol. The van der Waals surface area contributed by atoms with Gasteiger partial charge in [0.2, 0.25) is 6.41 Å². The zero-order chi connectivity index (χ0) is 18.7.